The molecule has 0 spiro atoms. The Labute approximate surface area is 153 Å². The van der Waals surface area contributed by atoms with Crippen molar-refractivity contribution in [2.75, 3.05) is 11.9 Å². The van der Waals surface area contributed by atoms with Crippen molar-refractivity contribution in [1.82, 2.24) is 0 Å². The first-order valence-electron chi connectivity index (χ1n) is 7.65. The molecule has 0 bridgehead atoms. The predicted molar refractivity (Wildman–Crippen MR) is 100 cm³/mol. The summed E-state index contributed by atoms with van der Waals surface area (Å²) in [5, 5.41) is 2.77. The van der Waals surface area contributed by atoms with Crippen molar-refractivity contribution in [1.29, 1.82) is 0 Å². The van der Waals surface area contributed by atoms with Gasteiger partial charge in [0, 0.05) is 5.69 Å². The molecule has 0 radical (unpaired) electrons. The maximum atomic E-state index is 13.0. The molecule has 0 aromatic heterocycles. The van der Waals surface area contributed by atoms with Gasteiger partial charge in [-0.15, -0.1) is 0 Å². The molecule has 3 rings (SSSR count). The van der Waals surface area contributed by atoms with Gasteiger partial charge in [0.25, 0.3) is 5.91 Å². The van der Waals surface area contributed by atoms with E-state index < -0.39 is 0 Å². The van der Waals surface area contributed by atoms with Gasteiger partial charge in [-0.25, -0.2) is 4.39 Å². The lowest BCUT2D eigenvalue weighted by Gasteiger charge is -2.09. The highest BCUT2D eigenvalue weighted by Crippen LogP contribution is 2.25. The van der Waals surface area contributed by atoms with Crippen LogP contribution in [0.1, 0.15) is 0 Å². The Morgan fingerprint density at radius 2 is 1.64 bits per heavy atom. The first-order valence-corrected chi connectivity index (χ1v) is 8.44. The molecule has 3 nitrogen and oxygen atoms in total. The number of rotatable bonds is 5. The molecule has 1 N–H and O–H groups in total. The van der Waals surface area contributed by atoms with Crippen LogP contribution in [0.2, 0.25) is 0 Å². The van der Waals surface area contributed by atoms with Crippen molar-refractivity contribution in [3.63, 3.8) is 0 Å². The van der Waals surface area contributed by atoms with E-state index in [1.54, 1.807) is 0 Å². The van der Waals surface area contributed by atoms with E-state index in [-0.39, 0.29) is 18.3 Å². The van der Waals surface area contributed by atoms with Gasteiger partial charge in [-0.1, -0.05) is 42.5 Å². The Bertz CT molecular complexity index is 867. The number of carbonyl (C=O) groups excluding carboxylic acids is 1. The Hall–Kier alpha value is -2.66. The number of benzene rings is 3. The Morgan fingerprint density at radius 1 is 0.960 bits per heavy atom. The third-order valence-electron chi connectivity index (χ3n) is 3.53. The molecular weight excluding hydrogens is 385 g/mol. The summed E-state index contributed by atoms with van der Waals surface area (Å²) in [6.07, 6.45) is 0. The summed E-state index contributed by atoms with van der Waals surface area (Å²) in [5.41, 5.74) is 2.88. The minimum Gasteiger partial charge on any atom is -0.483 e. The standard InChI is InChI=1S/C20H15BrFNO2/c21-18-12-16(22)8-11-19(18)25-13-20(24)23-17-9-6-15(7-10-17)14-4-2-1-3-5-14/h1-12H,13H2,(H,23,24). The molecule has 0 saturated heterocycles. The highest BCUT2D eigenvalue weighted by molar-refractivity contribution is 9.10. The number of nitrogens with one attached hydrogen (secondary N) is 1. The number of carbonyl (C=O) groups is 1. The molecule has 0 aliphatic rings. The first kappa shape index (κ1) is 17.2. The van der Waals surface area contributed by atoms with E-state index in [4.69, 9.17) is 4.74 Å². The molecule has 3 aromatic rings. The predicted octanol–water partition coefficient (Wildman–Crippen LogP) is 5.27. The third-order valence-corrected chi connectivity index (χ3v) is 4.15. The summed E-state index contributed by atoms with van der Waals surface area (Å²) in [6, 6.07) is 21.6. The third kappa shape index (κ3) is 4.67. The topological polar surface area (TPSA) is 38.3 Å². The van der Waals surface area contributed by atoms with Gasteiger partial charge < -0.3 is 10.1 Å². The zero-order chi connectivity index (χ0) is 17.6. The summed E-state index contributed by atoms with van der Waals surface area (Å²) in [7, 11) is 0. The van der Waals surface area contributed by atoms with Crippen molar-refractivity contribution in [3.8, 4) is 16.9 Å². The van der Waals surface area contributed by atoms with Gasteiger partial charge >= 0.3 is 0 Å². The Balaban J connectivity index is 1.57. The summed E-state index contributed by atoms with van der Waals surface area (Å²) < 4.78 is 18.9. The number of halogens is 2. The van der Waals surface area contributed by atoms with E-state index in [0.717, 1.165) is 11.1 Å². The van der Waals surface area contributed by atoms with Crippen molar-refractivity contribution in [2.45, 2.75) is 0 Å². The molecule has 0 saturated carbocycles. The molecule has 0 atom stereocenters. The molecule has 126 valence electrons. The van der Waals surface area contributed by atoms with Crippen LogP contribution in [0.5, 0.6) is 5.75 Å². The average Bonchev–Trinajstić information content (AvgIpc) is 2.62. The molecule has 3 aromatic carbocycles. The van der Waals surface area contributed by atoms with Gasteiger partial charge in [-0.2, -0.15) is 0 Å². The lowest BCUT2D eigenvalue weighted by atomic mass is 10.1. The molecular formula is C20H15BrFNO2. The summed E-state index contributed by atoms with van der Waals surface area (Å²) >= 11 is 3.20. The molecule has 1 amide bonds. The molecule has 0 unspecified atom stereocenters. The van der Waals surface area contributed by atoms with Crippen molar-refractivity contribution < 1.29 is 13.9 Å². The highest BCUT2D eigenvalue weighted by Gasteiger charge is 2.07. The molecule has 5 heteroatoms. The second-order valence-corrected chi connectivity index (χ2v) is 6.21. The number of hydrogen-bond donors (Lipinski definition) is 1. The molecule has 25 heavy (non-hydrogen) atoms. The van der Waals surface area contributed by atoms with E-state index in [9.17, 15) is 9.18 Å². The number of amides is 1. The highest BCUT2D eigenvalue weighted by atomic mass is 79.9. The van der Waals surface area contributed by atoms with Crippen LogP contribution in [0.3, 0.4) is 0 Å². The van der Waals surface area contributed by atoms with Crippen LogP contribution < -0.4 is 10.1 Å². The zero-order valence-corrected chi connectivity index (χ0v) is 14.8. The van der Waals surface area contributed by atoms with Crippen LogP contribution in [-0.4, -0.2) is 12.5 Å². The summed E-state index contributed by atoms with van der Waals surface area (Å²) in [5.74, 6) is -0.248. The van der Waals surface area contributed by atoms with Crippen molar-refractivity contribution in [2.24, 2.45) is 0 Å². The average molecular weight is 400 g/mol. The number of ether oxygens (including phenoxy) is 1. The lowest BCUT2D eigenvalue weighted by molar-refractivity contribution is -0.118. The van der Waals surface area contributed by atoms with Crippen LogP contribution in [-0.2, 0) is 4.79 Å². The fourth-order valence-corrected chi connectivity index (χ4v) is 2.77. The maximum absolute atomic E-state index is 13.0. The van der Waals surface area contributed by atoms with Crippen LogP contribution in [0.25, 0.3) is 11.1 Å². The number of hydrogen-bond acceptors (Lipinski definition) is 2. The van der Waals surface area contributed by atoms with Crippen LogP contribution >= 0.6 is 15.9 Å². The van der Waals surface area contributed by atoms with Crippen LogP contribution in [0.15, 0.2) is 77.3 Å². The molecule has 0 heterocycles. The van der Waals surface area contributed by atoms with Gasteiger partial charge in [0.1, 0.15) is 11.6 Å². The SMILES string of the molecule is O=C(COc1ccc(F)cc1Br)Nc1ccc(-c2ccccc2)cc1. The van der Waals surface area contributed by atoms with Gasteiger partial charge in [-0.3, -0.25) is 4.79 Å². The van der Waals surface area contributed by atoms with E-state index in [1.165, 1.54) is 18.2 Å². The van der Waals surface area contributed by atoms with Gasteiger partial charge in [-0.05, 0) is 57.4 Å². The van der Waals surface area contributed by atoms with Gasteiger partial charge in [0.15, 0.2) is 6.61 Å². The van der Waals surface area contributed by atoms with Crippen LogP contribution in [0, 0.1) is 5.82 Å². The first-order chi connectivity index (χ1) is 12.1. The smallest absolute Gasteiger partial charge is 0.262 e. The van der Waals surface area contributed by atoms with Crippen molar-refractivity contribution in [3.05, 3.63) is 83.1 Å². The fourth-order valence-electron chi connectivity index (χ4n) is 2.31. The Morgan fingerprint density at radius 3 is 2.32 bits per heavy atom. The summed E-state index contributed by atoms with van der Waals surface area (Å²) in [4.78, 5) is 12.0. The van der Waals surface area contributed by atoms with Gasteiger partial charge in [0.05, 0.1) is 4.47 Å². The van der Waals surface area contributed by atoms with E-state index in [2.05, 4.69) is 21.2 Å². The number of anilines is 1. The molecule has 0 aliphatic heterocycles. The largest absolute Gasteiger partial charge is 0.483 e. The molecule has 0 fully saturated rings. The van der Waals surface area contributed by atoms with E-state index in [0.29, 0.717) is 15.9 Å². The maximum Gasteiger partial charge on any atom is 0.262 e. The van der Waals surface area contributed by atoms with E-state index >= 15 is 0 Å². The second-order valence-electron chi connectivity index (χ2n) is 5.35. The lowest BCUT2D eigenvalue weighted by Crippen LogP contribution is -2.20. The molecule has 0 aliphatic carbocycles. The van der Waals surface area contributed by atoms with Gasteiger partial charge in [0.2, 0.25) is 0 Å². The minimum atomic E-state index is -0.373. The zero-order valence-electron chi connectivity index (χ0n) is 13.2. The minimum absolute atomic E-state index is 0.162. The van der Waals surface area contributed by atoms with Crippen molar-refractivity contribution >= 4 is 27.5 Å². The monoisotopic (exact) mass is 399 g/mol. The normalized spacial score (nSPS) is 10.3. The fraction of sp³-hybridized carbons (Fsp3) is 0.0500. The quantitative estimate of drug-likeness (QED) is 0.634. The second kappa shape index (κ2) is 7.94. The summed E-state index contributed by atoms with van der Waals surface area (Å²) in [6.45, 7) is -0.162. The Kier molecular flexibility index (Phi) is 5.46. The van der Waals surface area contributed by atoms with Crippen LogP contribution in [0.4, 0.5) is 10.1 Å². The van der Waals surface area contributed by atoms with E-state index in [1.807, 2.05) is 54.6 Å².